The highest BCUT2D eigenvalue weighted by Gasteiger charge is 2.19. The van der Waals surface area contributed by atoms with Gasteiger partial charge in [-0.05, 0) is 44.9 Å². The van der Waals surface area contributed by atoms with Gasteiger partial charge in [0.25, 0.3) is 0 Å². The summed E-state index contributed by atoms with van der Waals surface area (Å²) in [6.45, 7) is 6.53. The molecule has 0 amide bonds. The van der Waals surface area contributed by atoms with Crippen molar-refractivity contribution in [3.8, 4) is 0 Å². The molecule has 0 aliphatic carbocycles. The normalized spacial score (nSPS) is 12.1. The molecule has 1 atom stereocenters. The Balaban J connectivity index is 4.29. The van der Waals surface area contributed by atoms with Crippen LogP contribution < -0.4 is 0 Å². The van der Waals surface area contributed by atoms with Gasteiger partial charge in [-0.1, -0.05) is 225 Å². The van der Waals surface area contributed by atoms with Crippen LogP contribution in [-0.2, 0) is 28.6 Å². The molecule has 6 nitrogen and oxygen atoms in total. The number of rotatable bonds is 45. The highest BCUT2D eigenvalue weighted by molar-refractivity contribution is 5.71. The van der Waals surface area contributed by atoms with Crippen LogP contribution in [0.25, 0.3) is 0 Å². The van der Waals surface area contributed by atoms with E-state index in [1.165, 1.54) is 148 Å². The third-order valence-electron chi connectivity index (χ3n) is 11.0. The first kappa shape index (κ1) is 54.9. The van der Waals surface area contributed by atoms with Crippen molar-refractivity contribution in [1.82, 2.24) is 0 Å². The second-order valence-electron chi connectivity index (χ2n) is 16.7. The minimum atomic E-state index is -0.768. The summed E-state index contributed by atoms with van der Waals surface area (Å²) in [7, 11) is 0. The summed E-state index contributed by atoms with van der Waals surface area (Å²) in [5, 5.41) is 0. The molecule has 57 heavy (non-hydrogen) atoms. The van der Waals surface area contributed by atoms with E-state index in [0.717, 1.165) is 77.0 Å². The highest BCUT2D eigenvalue weighted by atomic mass is 16.6. The monoisotopic (exact) mass is 803 g/mol. The molecular weight excluding hydrogens is 709 g/mol. The standard InChI is InChI=1S/C51H94O6/c1-4-7-10-13-16-19-21-23-25-26-28-29-32-35-38-41-44-50(53)56-47-48(46-55-49(52)43-40-37-34-31-18-15-12-9-6-3)57-51(54)45-42-39-36-33-30-27-24-22-20-17-14-11-8-5-2/h8,11,17,20,48H,4-7,9-10,12-16,18-19,21-47H2,1-3H3/b11-8-,20-17-. The van der Waals surface area contributed by atoms with Crippen LogP contribution >= 0.6 is 0 Å². The van der Waals surface area contributed by atoms with Crippen molar-refractivity contribution >= 4 is 17.9 Å². The molecule has 0 spiro atoms. The molecule has 0 saturated carbocycles. The van der Waals surface area contributed by atoms with Crippen LogP contribution in [0.5, 0.6) is 0 Å². The Kier molecular flexibility index (Phi) is 44.9. The summed E-state index contributed by atoms with van der Waals surface area (Å²) in [5.74, 6) is -0.870. The van der Waals surface area contributed by atoms with Gasteiger partial charge in [-0.3, -0.25) is 14.4 Å². The van der Waals surface area contributed by atoms with Gasteiger partial charge in [-0.15, -0.1) is 0 Å². The number of unbranched alkanes of at least 4 members (excludes halogenated alkanes) is 30. The van der Waals surface area contributed by atoms with Gasteiger partial charge in [-0.2, -0.15) is 0 Å². The summed E-state index contributed by atoms with van der Waals surface area (Å²) >= 11 is 0. The molecule has 1 unspecified atom stereocenters. The maximum absolute atomic E-state index is 12.7. The predicted molar refractivity (Wildman–Crippen MR) is 243 cm³/mol. The Morgan fingerprint density at radius 1 is 0.368 bits per heavy atom. The van der Waals surface area contributed by atoms with Crippen LogP contribution in [0.2, 0.25) is 0 Å². The van der Waals surface area contributed by atoms with E-state index in [0.29, 0.717) is 19.3 Å². The van der Waals surface area contributed by atoms with Gasteiger partial charge < -0.3 is 14.2 Å². The van der Waals surface area contributed by atoms with E-state index in [1.807, 2.05) is 0 Å². The van der Waals surface area contributed by atoms with E-state index in [9.17, 15) is 14.4 Å². The topological polar surface area (TPSA) is 78.9 Å². The smallest absolute Gasteiger partial charge is 0.306 e. The van der Waals surface area contributed by atoms with E-state index in [-0.39, 0.29) is 31.1 Å². The van der Waals surface area contributed by atoms with Crippen LogP contribution in [0, 0.1) is 0 Å². The van der Waals surface area contributed by atoms with Crippen LogP contribution in [-0.4, -0.2) is 37.2 Å². The lowest BCUT2D eigenvalue weighted by molar-refractivity contribution is -0.167. The Bertz CT molecular complexity index is 927. The van der Waals surface area contributed by atoms with Crippen LogP contribution in [0.3, 0.4) is 0 Å². The van der Waals surface area contributed by atoms with Crippen LogP contribution in [0.4, 0.5) is 0 Å². The highest BCUT2D eigenvalue weighted by Crippen LogP contribution is 2.16. The summed E-state index contributed by atoms with van der Waals surface area (Å²) in [4.78, 5) is 37.8. The molecule has 0 aliphatic heterocycles. The summed E-state index contributed by atoms with van der Waals surface area (Å²) < 4.78 is 16.7. The van der Waals surface area contributed by atoms with Gasteiger partial charge in [0.05, 0.1) is 0 Å². The molecule has 6 heteroatoms. The van der Waals surface area contributed by atoms with Gasteiger partial charge >= 0.3 is 17.9 Å². The van der Waals surface area contributed by atoms with Crippen molar-refractivity contribution in [3.05, 3.63) is 24.3 Å². The SMILES string of the molecule is CC/C=C\C/C=C\CCCCCCCCCC(=O)OC(COC(=O)CCCCCCCCCCC)COC(=O)CCCCCCCCCCCCCCCCCC. The van der Waals surface area contributed by atoms with E-state index in [1.54, 1.807) is 0 Å². The molecule has 0 fully saturated rings. The second kappa shape index (κ2) is 46.6. The maximum atomic E-state index is 12.7. The third kappa shape index (κ3) is 44.8. The fraction of sp³-hybridized carbons (Fsp3) is 0.863. The van der Waals surface area contributed by atoms with Gasteiger partial charge in [0.2, 0.25) is 0 Å². The average Bonchev–Trinajstić information content (AvgIpc) is 3.21. The Hall–Kier alpha value is -2.11. The maximum Gasteiger partial charge on any atom is 0.306 e. The lowest BCUT2D eigenvalue weighted by Crippen LogP contribution is -2.30. The molecule has 0 aliphatic rings. The number of allylic oxidation sites excluding steroid dienone is 4. The quantitative estimate of drug-likeness (QED) is 0.0264. The number of esters is 3. The number of carbonyl (C=O) groups excluding carboxylic acids is 3. The molecule has 0 saturated heterocycles. The lowest BCUT2D eigenvalue weighted by atomic mass is 10.0. The van der Waals surface area contributed by atoms with Gasteiger partial charge in [-0.25, -0.2) is 0 Å². The fourth-order valence-electron chi connectivity index (χ4n) is 7.25. The van der Waals surface area contributed by atoms with Crippen molar-refractivity contribution in [1.29, 1.82) is 0 Å². The van der Waals surface area contributed by atoms with E-state index >= 15 is 0 Å². The van der Waals surface area contributed by atoms with Gasteiger partial charge in [0.1, 0.15) is 13.2 Å². The Morgan fingerprint density at radius 2 is 0.684 bits per heavy atom. The lowest BCUT2D eigenvalue weighted by Gasteiger charge is -2.18. The summed E-state index contributed by atoms with van der Waals surface area (Å²) in [6.07, 6.45) is 51.6. The van der Waals surface area contributed by atoms with Crippen molar-refractivity contribution in [2.75, 3.05) is 13.2 Å². The first-order chi connectivity index (χ1) is 28.0. The molecule has 0 heterocycles. The molecule has 0 radical (unpaired) electrons. The Labute approximate surface area is 353 Å². The fourth-order valence-corrected chi connectivity index (χ4v) is 7.25. The van der Waals surface area contributed by atoms with E-state index in [2.05, 4.69) is 45.1 Å². The van der Waals surface area contributed by atoms with Crippen LogP contribution in [0.1, 0.15) is 265 Å². The second-order valence-corrected chi connectivity index (χ2v) is 16.7. The predicted octanol–water partition coefficient (Wildman–Crippen LogP) is 16.0. The van der Waals surface area contributed by atoms with E-state index in [4.69, 9.17) is 14.2 Å². The zero-order valence-electron chi connectivity index (χ0n) is 38.1. The van der Waals surface area contributed by atoms with Crippen molar-refractivity contribution in [3.63, 3.8) is 0 Å². The molecule has 0 aromatic rings. The molecule has 0 aromatic heterocycles. The first-order valence-corrected chi connectivity index (χ1v) is 24.8. The number of hydrogen-bond acceptors (Lipinski definition) is 6. The Morgan fingerprint density at radius 3 is 1.05 bits per heavy atom. The van der Waals surface area contributed by atoms with Gasteiger partial charge in [0.15, 0.2) is 6.10 Å². The summed E-state index contributed by atoms with van der Waals surface area (Å²) in [6, 6.07) is 0. The van der Waals surface area contributed by atoms with Gasteiger partial charge in [0, 0.05) is 19.3 Å². The zero-order valence-corrected chi connectivity index (χ0v) is 38.1. The summed E-state index contributed by atoms with van der Waals surface area (Å²) in [5.41, 5.74) is 0. The first-order valence-electron chi connectivity index (χ1n) is 24.8. The average molecular weight is 803 g/mol. The molecule has 334 valence electrons. The molecule has 0 aromatic carbocycles. The number of carbonyl (C=O) groups is 3. The number of ether oxygens (including phenoxy) is 3. The third-order valence-corrected chi connectivity index (χ3v) is 11.0. The van der Waals surface area contributed by atoms with E-state index < -0.39 is 6.10 Å². The number of hydrogen-bond donors (Lipinski definition) is 0. The largest absolute Gasteiger partial charge is 0.462 e. The molecule has 0 rings (SSSR count). The minimum Gasteiger partial charge on any atom is -0.462 e. The molecule has 0 bridgehead atoms. The van der Waals surface area contributed by atoms with Crippen molar-refractivity contribution in [2.45, 2.75) is 271 Å². The van der Waals surface area contributed by atoms with Crippen molar-refractivity contribution in [2.24, 2.45) is 0 Å². The molecular formula is C51H94O6. The zero-order chi connectivity index (χ0) is 41.5. The molecule has 0 N–H and O–H groups in total. The van der Waals surface area contributed by atoms with Crippen LogP contribution in [0.15, 0.2) is 24.3 Å². The minimum absolute atomic E-state index is 0.0701. The van der Waals surface area contributed by atoms with Crippen molar-refractivity contribution < 1.29 is 28.6 Å².